The van der Waals surface area contributed by atoms with Gasteiger partial charge in [0.15, 0.2) is 0 Å². The Balaban J connectivity index is 2.82. The van der Waals surface area contributed by atoms with Gasteiger partial charge in [-0.2, -0.15) is 0 Å². The number of carbonyl (C=O) groups excluding carboxylic acids is 1. The number of rotatable bonds is 6. The molecule has 0 spiro atoms. The van der Waals surface area contributed by atoms with Crippen LogP contribution >= 0.6 is 11.6 Å². The van der Waals surface area contributed by atoms with Crippen LogP contribution in [-0.2, 0) is 0 Å². The number of amides is 2. The highest BCUT2D eigenvalue weighted by atomic mass is 35.5. The van der Waals surface area contributed by atoms with E-state index >= 15 is 0 Å². The van der Waals surface area contributed by atoms with E-state index in [9.17, 15) is 20.0 Å². The summed E-state index contributed by atoms with van der Waals surface area (Å²) in [5.41, 5.74) is -0.589. The zero-order chi connectivity index (χ0) is 16.0. The van der Waals surface area contributed by atoms with Gasteiger partial charge < -0.3 is 15.7 Å². The lowest BCUT2D eigenvalue weighted by atomic mass is 9.94. The number of nitrogens with one attached hydrogen (secondary N) is 2. The molecule has 116 valence electrons. The Kier molecular flexibility index (Phi) is 5.92. The van der Waals surface area contributed by atoms with Gasteiger partial charge in [-0.3, -0.25) is 10.1 Å². The second-order valence-electron chi connectivity index (χ2n) is 4.65. The van der Waals surface area contributed by atoms with Crippen molar-refractivity contribution in [3.8, 4) is 0 Å². The van der Waals surface area contributed by atoms with Crippen molar-refractivity contribution in [2.45, 2.75) is 32.2 Å². The monoisotopic (exact) mass is 315 g/mol. The second-order valence-corrected chi connectivity index (χ2v) is 5.05. The Morgan fingerprint density at radius 2 is 2.05 bits per heavy atom. The molecule has 0 aliphatic heterocycles. The van der Waals surface area contributed by atoms with Crippen molar-refractivity contribution in [1.82, 2.24) is 5.32 Å². The van der Waals surface area contributed by atoms with E-state index in [1.165, 1.54) is 12.1 Å². The van der Waals surface area contributed by atoms with E-state index in [-0.39, 0.29) is 23.0 Å². The highest BCUT2D eigenvalue weighted by Crippen LogP contribution is 2.26. The Bertz CT molecular complexity index is 524. The molecular formula is C13H18ClN3O4. The van der Waals surface area contributed by atoms with Gasteiger partial charge in [-0.1, -0.05) is 25.4 Å². The van der Waals surface area contributed by atoms with Crippen LogP contribution in [0.1, 0.15) is 26.7 Å². The van der Waals surface area contributed by atoms with Gasteiger partial charge in [0.25, 0.3) is 5.69 Å². The van der Waals surface area contributed by atoms with Gasteiger partial charge in [0.05, 0.1) is 27.8 Å². The third-order valence-electron chi connectivity index (χ3n) is 3.45. The second kappa shape index (κ2) is 7.24. The minimum Gasteiger partial charge on any atom is -0.394 e. The molecule has 0 aliphatic rings. The number of hydrogen-bond donors (Lipinski definition) is 3. The number of aliphatic hydroxyl groups excluding tert-OH is 1. The van der Waals surface area contributed by atoms with Gasteiger partial charge in [-0.05, 0) is 18.9 Å². The smallest absolute Gasteiger partial charge is 0.319 e. The Morgan fingerprint density at radius 1 is 1.43 bits per heavy atom. The van der Waals surface area contributed by atoms with Crippen LogP contribution in [-0.4, -0.2) is 28.2 Å². The number of anilines is 1. The molecule has 0 saturated heterocycles. The molecule has 0 bridgehead atoms. The molecule has 1 aromatic carbocycles. The fraction of sp³-hybridized carbons (Fsp3) is 0.462. The van der Waals surface area contributed by atoms with E-state index in [1.54, 1.807) is 0 Å². The summed E-state index contributed by atoms with van der Waals surface area (Å²) in [4.78, 5) is 22.0. The molecule has 0 heterocycles. The van der Waals surface area contributed by atoms with E-state index < -0.39 is 16.5 Å². The lowest BCUT2D eigenvalue weighted by Crippen LogP contribution is -2.52. The van der Waals surface area contributed by atoms with Gasteiger partial charge in [-0.15, -0.1) is 0 Å². The molecule has 8 heteroatoms. The maximum Gasteiger partial charge on any atom is 0.319 e. The molecule has 1 aromatic rings. The Labute approximate surface area is 127 Å². The minimum absolute atomic E-state index is 0.0712. The van der Waals surface area contributed by atoms with Crippen molar-refractivity contribution in [3.05, 3.63) is 33.3 Å². The van der Waals surface area contributed by atoms with Crippen LogP contribution in [0.25, 0.3) is 0 Å². The van der Waals surface area contributed by atoms with Gasteiger partial charge >= 0.3 is 6.03 Å². The van der Waals surface area contributed by atoms with E-state index in [0.29, 0.717) is 12.8 Å². The number of aliphatic hydroxyl groups is 1. The van der Waals surface area contributed by atoms with Crippen LogP contribution in [0.5, 0.6) is 0 Å². The normalized spacial score (nSPS) is 11.0. The highest BCUT2D eigenvalue weighted by molar-refractivity contribution is 6.33. The van der Waals surface area contributed by atoms with E-state index in [2.05, 4.69) is 10.6 Å². The molecule has 3 N–H and O–H groups in total. The van der Waals surface area contributed by atoms with Gasteiger partial charge in [0.2, 0.25) is 0 Å². The van der Waals surface area contributed by atoms with Crippen LogP contribution in [0, 0.1) is 10.1 Å². The first-order chi connectivity index (χ1) is 9.87. The van der Waals surface area contributed by atoms with E-state index in [1.807, 2.05) is 13.8 Å². The number of benzene rings is 1. The average Bonchev–Trinajstić information content (AvgIpc) is 2.47. The zero-order valence-corrected chi connectivity index (χ0v) is 12.6. The number of halogens is 1. The molecule has 2 amide bonds. The van der Waals surface area contributed by atoms with Crippen molar-refractivity contribution >= 4 is 29.0 Å². The standard InChI is InChI=1S/C13H18ClN3O4/c1-3-13(4-2,8-18)16-12(19)15-11-6-5-9(17(20)21)7-10(11)14/h5-7,18H,3-4,8H2,1-2H3,(H2,15,16,19). The molecule has 21 heavy (non-hydrogen) atoms. The Hall–Kier alpha value is -1.86. The SMILES string of the molecule is CCC(CC)(CO)NC(=O)Nc1ccc([N+](=O)[O-])cc1Cl. The summed E-state index contributed by atoms with van der Waals surface area (Å²) >= 11 is 5.89. The van der Waals surface area contributed by atoms with Crippen LogP contribution in [0.15, 0.2) is 18.2 Å². The quantitative estimate of drug-likeness (QED) is 0.554. The van der Waals surface area contributed by atoms with Crippen molar-refractivity contribution in [1.29, 1.82) is 0 Å². The predicted molar refractivity (Wildman–Crippen MR) is 80.7 cm³/mol. The third kappa shape index (κ3) is 4.30. The van der Waals surface area contributed by atoms with Crippen molar-refractivity contribution in [3.63, 3.8) is 0 Å². The van der Waals surface area contributed by atoms with Crippen molar-refractivity contribution in [2.24, 2.45) is 0 Å². The van der Waals surface area contributed by atoms with Crippen LogP contribution < -0.4 is 10.6 Å². The molecule has 0 saturated carbocycles. The average molecular weight is 316 g/mol. The van der Waals surface area contributed by atoms with Gasteiger partial charge in [0, 0.05) is 12.1 Å². The molecule has 0 unspecified atom stereocenters. The summed E-state index contributed by atoms with van der Waals surface area (Å²) in [5, 5.41) is 25.3. The highest BCUT2D eigenvalue weighted by Gasteiger charge is 2.27. The molecule has 0 aliphatic carbocycles. The number of non-ortho nitro benzene ring substituents is 1. The lowest BCUT2D eigenvalue weighted by molar-refractivity contribution is -0.384. The van der Waals surface area contributed by atoms with Crippen molar-refractivity contribution in [2.75, 3.05) is 11.9 Å². The predicted octanol–water partition coefficient (Wildman–Crippen LogP) is 2.92. The maximum absolute atomic E-state index is 11.9. The summed E-state index contributed by atoms with van der Waals surface area (Å²) in [6, 6.07) is 3.25. The molecule has 0 radical (unpaired) electrons. The molecule has 1 rings (SSSR count). The topological polar surface area (TPSA) is 104 Å². The summed E-state index contributed by atoms with van der Waals surface area (Å²) in [7, 11) is 0. The molecule has 7 nitrogen and oxygen atoms in total. The fourth-order valence-corrected chi connectivity index (χ4v) is 2.03. The number of nitrogens with zero attached hydrogens (tertiary/aromatic N) is 1. The molecule has 0 fully saturated rings. The lowest BCUT2D eigenvalue weighted by Gasteiger charge is -2.30. The Morgan fingerprint density at radius 3 is 2.48 bits per heavy atom. The molecule has 0 atom stereocenters. The third-order valence-corrected chi connectivity index (χ3v) is 3.76. The summed E-state index contributed by atoms with van der Waals surface area (Å²) in [6.07, 6.45) is 1.14. The number of urea groups is 1. The minimum atomic E-state index is -0.697. The zero-order valence-electron chi connectivity index (χ0n) is 11.9. The van der Waals surface area contributed by atoms with Crippen molar-refractivity contribution < 1.29 is 14.8 Å². The van der Waals surface area contributed by atoms with E-state index in [0.717, 1.165) is 6.07 Å². The largest absolute Gasteiger partial charge is 0.394 e. The fourth-order valence-electron chi connectivity index (χ4n) is 1.80. The first-order valence-electron chi connectivity index (χ1n) is 6.51. The first kappa shape index (κ1) is 17.2. The van der Waals surface area contributed by atoms with Crippen LogP contribution in [0.3, 0.4) is 0 Å². The van der Waals surface area contributed by atoms with Gasteiger partial charge in [0.1, 0.15) is 0 Å². The van der Waals surface area contributed by atoms with Gasteiger partial charge in [-0.25, -0.2) is 4.79 Å². The summed E-state index contributed by atoms with van der Waals surface area (Å²) in [6.45, 7) is 3.54. The number of carbonyl (C=O) groups is 1. The maximum atomic E-state index is 11.9. The first-order valence-corrected chi connectivity index (χ1v) is 6.89. The summed E-state index contributed by atoms with van der Waals surface area (Å²) < 4.78 is 0. The number of hydrogen-bond acceptors (Lipinski definition) is 4. The van der Waals surface area contributed by atoms with E-state index in [4.69, 9.17) is 11.6 Å². The molecule has 0 aromatic heterocycles. The molecular weight excluding hydrogens is 298 g/mol. The summed E-state index contributed by atoms with van der Waals surface area (Å²) in [5.74, 6) is 0. The number of nitro groups is 1. The number of nitro benzene ring substituents is 1. The van der Waals surface area contributed by atoms with Crippen LogP contribution in [0.2, 0.25) is 5.02 Å². The van der Waals surface area contributed by atoms with Crippen LogP contribution in [0.4, 0.5) is 16.2 Å².